The fourth-order valence-corrected chi connectivity index (χ4v) is 3.65. The number of carbonyl (C=O) groups is 1. The molecule has 0 aliphatic carbocycles. The van der Waals surface area contributed by atoms with Crippen molar-refractivity contribution in [3.05, 3.63) is 33.8 Å². The monoisotopic (exact) mass is 318 g/mol. The molecule has 0 saturated carbocycles. The van der Waals surface area contributed by atoms with Gasteiger partial charge in [0, 0.05) is 36.5 Å². The van der Waals surface area contributed by atoms with Gasteiger partial charge >= 0.3 is 0 Å². The van der Waals surface area contributed by atoms with Crippen LogP contribution in [-0.2, 0) is 24.2 Å². The van der Waals surface area contributed by atoms with Crippen molar-refractivity contribution in [2.45, 2.75) is 58.5 Å². The first kappa shape index (κ1) is 15.2. The van der Waals surface area contributed by atoms with Crippen LogP contribution in [0.15, 0.2) is 11.6 Å². The van der Waals surface area contributed by atoms with Crippen LogP contribution in [0, 0.1) is 6.92 Å². The highest BCUT2D eigenvalue weighted by molar-refractivity contribution is 7.09. The quantitative estimate of drug-likeness (QED) is 0.942. The molecule has 0 bridgehead atoms. The Hall–Kier alpha value is -1.69. The summed E-state index contributed by atoms with van der Waals surface area (Å²) < 4.78 is 2.16. The number of rotatable bonds is 4. The maximum Gasteiger partial charge on any atom is 0.226 e. The number of fused-ring (bicyclic) bond motifs is 1. The average molecular weight is 318 g/mol. The Morgan fingerprint density at radius 3 is 3.05 bits per heavy atom. The Balaban J connectivity index is 1.56. The number of amides is 1. The molecule has 3 rings (SSSR count). The Kier molecular flexibility index (Phi) is 4.29. The van der Waals surface area contributed by atoms with Gasteiger partial charge in [-0.1, -0.05) is 13.8 Å². The third kappa shape index (κ3) is 3.38. The molecule has 0 fully saturated rings. The van der Waals surface area contributed by atoms with E-state index in [0.717, 1.165) is 41.6 Å². The predicted octanol–water partition coefficient (Wildman–Crippen LogP) is 2.45. The Bertz CT molecular complexity index is 673. The van der Waals surface area contributed by atoms with Gasteiger partial charge in [0.2, 0.25) is 5.91 Å². The van der Waals surface area contributed by atoms with Gasteiger partial charge in [-0.15, -0.1) is 11.3 Å². The summed E-state index contributed by atoms with van der Waals surface area (Å²) in [5.41, 5.74) is 1.92. The van der Waals surface area contributed by atoms with Crippen LogP contribution in [-0.4, -0.2) is 26.5 Å². The smallest absolute Gasteiger partial charge is 0.226 e. The molecular formula is C16H22N4OS. The highest BCUT2D eigenvalue weighted by Crippen LogP contribution is 2.19. The van der Waals surface area contributed by atoms with Crippen molar-refractivity contribution < 1.29 is 4.79 Å². The number of aryl methyl sites for hydroxylation is 2. The van der Waals surface area contributed by atoms with E-state index >= 15 is 0 Å². The lowest BCUT2D eigenvalue weighted by molar-refractivity contribution is -0.121. The molecule has 2 aromatic heterocycles. The van der Waals surface area contributed by atoms with E-state index in [4.69, 9.17) is 0 Å². The van der Waals surface area contributed by atoms with E-state index < -0.39 is 0 Å². The van der Waals surface area contributed by atoms with E-state index in [1.54, 1.807) is 11.3 Å². The van der Waals surface area contributed by atoms with Crippen LogP contribution in [0.25, 0.3) is 0 Å². The summed E-state index contributed by atoms with van der Waals surface area (Å²) >= 11 is 1.64. The number of carbonyl (C=O) groups excluding carboxylic acids is 1. The van der Waals surface area contributed by atoms with Crippen molar-refractivity contribution in [1.82, 2.24) is 19.9 Å². The normalized spacial score (nSPS) is 17.5. The van der Waals surface area contributed by atoms with Gasteiger partial charge in [-0.25, -0.2) is 9.97 Å². The first-order valence-electron chi connectivity index (χ1n) is 7.77. The second-order valence-electron chi connectivity index (χ2n) is 6.26. The average Bonchev–Trinajstić information content (AvgIpc) is 3.03. The fraction of sp³-hybridized carbons (Fsp3) is 0.562. The molecule has 0 spiro atoms. The van der Waals surface area contributed by atoms with Gasteiger partial charge < -0.3 is 9.88 Å². The molecule has 1 aliphatic rings. The molecule has 1 amide bonds. The molecule has 3 heterocycles. The first-order chi connectivity index (χ1) is 10.5. The maximum atomic E-state index is 12.2. The molecule has 0 saturated heterocycles. The summed E-state index contributed by atoms with van der Waals surface area (Å²) in [5, 5.41) is 6.22. The second kappa shape index (κ2) is 6.20. The Labute approximate surface area is 134 Å². The van der Waals surface area contributed by atoms with Gasteiger partial charge in [0.1, 0.15) is 5.82 Å². The number of nitrogens with one attached hydrogen (secondary N) is 1. The molecule has 1 atom stereocenters. The van der Waals surface area contributed by atoms with E-state index in [0.29, 0.717) is 12.3 Å². The number of nitrogens with zero attached hydrogens (tertiary/aromatic N) is 3. The summed E-state index contributed by atoms with van der Waals surface area (Å²) in [6, 6.07) is 0.191. The zero-order valence-corrected chi connectivity index (χ0v) is 14.1. The molecule has 22 heavy (non-hydrogen) atoms. The first-order valence-corrected chi connectivity index (χ1v) is 8.65. The minimum atomic E-state index is 0.0610. The van der Waals surface area contributed by atoms with Crippen LogP contribution in [0.1, 0.15) is 48.4 Å². The summed E-state index contributed by atoms with van der Waals surface area (Å²) in [5.74, 6) is 1.61. The van der Waals surface area contributed by atoms with Gasteiger partial charge in [-0.3, -0.25) is 4.79 Å². The molecule has 0 unspecified atom stereocenters. The molecule has 0 aromatic carbocycles. The topological polar surface area (TPSA) is 59.8 Å². The zero-order valence-electron chi connectivity index (χ0n) is 13.3. The molecule has 2 aromatic rings. The number of thiazole rings is 1. The largest absolute Gasteiger partial charge is 0.351 e. The minimum Gasteiger partial charge on any atom is -0.351 e. The predicted molar refractivity (Wildman–Crippen MR) is 87.1 cm³/mol. The van der Waals surface area contributed by atoms with E-state index in [2.05, 4.69) is 39.9 Å². The highest BCUT2D eigenvalue weighted by Gasteiger charge is 2.21. The summed E-state index contributed by atoms with van der Waals surface area (Å²) in [7, 11) is 0. The van der Waals surface area contributed by atoms with Gasteiger partial charge in [-0.2, -0.15) is 0 Å². The molecule has 118 valence electrons. The van der Waals surface area contributed by atoms with E-state index in [1.165, 1.54) is 0 Å². The van der Waals surface area contributed by atoms with E-state index in [9.17, 15) is 4.79 Å². The number of hydrogen-bond acceptors (Lipinski definition) is 4. The summed E-state index contributed by atoms with van der Waals surface area (Å²) in [4.78, 5) is 21.2. The number of aromatic nitrogens is 3. The third-order valence-corrected chi connectivity index (χ3v) is 5.08. The number of hydrogen-bond donors (Lipinski definition) is 1. The summed E-state index contributed by atoms with van der Waals surface area (Å²) in [6.07, 6.45) is 4.31. The lowest BCUT2D eigenvalue weighted by Gasteiger charge is -2.24. The molecule has 1 aliphatic heterocycles. The van der Waals surface area contributed by atoms with Crippen molar-refractivity contribution in [3.8, 4) is 0 Å². The molecule has 6 heteroatoms. The highest BCUT2D eigenvalue weighted by atomic mass is 32.1. The molecule has 5 nitrogen and oxygen atoms in total. The standard InChI is InChI=1S/C16H22N4OS/c1-10(2)16-19-13(9-22-16)6-15(21)18-12-4-5-14-17-11(3)7-20(14)8-12/h7,9-10,12H,4-6,8H2,1-3H3,(H,18,21)/t12-/m1/s1. The molecule has 1 N–H and O–H groups in total. The Morgan fingerprint density at radius 2 is 2.32 bits per heavy atom. The minimum absolute atomic E-state index is 0.0610. The van der Waals surface area contributed by atoms with E-state index in [-0.39, 0.29) is 11.9 Å². The van der Waals surface area contributed by atoms with Gasteiger partial charge in [0.15, 0.2) is 0 Å². The SMILES string of the molecule is Cc1cn2c(n1)CC[C@@H](NC(=O)Cc1csc(C(C)C)n1)C2. The van der Waals surface area contributed by atoms with Gasteiger partial charge in [0.05, 0.1) is 22.8 Å². The van der Waals surface area contributed by atoms with Crippen LogP contribution in [0.2, 0.25) is 0 Å². The van der Waals surface area contributed by atoms with Gasteiger partial charge in [-0.05, 0) is 13.3 Å². The maximum absolute atomic E-state index is 12.2. The van der Waals surface area contributed by atoms with E-state index in [1.807, 2.05) is 12.3 Å². The number of imidazole rings is 1. The fourth-order valence-electron chi connectivity index (χ4n) is 2.82. The summed E-state index contributed by atoms with van der Waals surface area (Å²) in [6.45, 7) is 7.06. The molecular weight excluding hydrogens is 296 g/mol. The molecule has 0 radical (unpaired) electrons. The van der Waals surface area contributed by atoms with Crippen LogP contribution < -0.4 is 5.32 Å². The lowest BCUT2D eigenvalue weighted by Crippen LogP contribution is -2.41. The van der Waals surface area contributed by atoms with Crippen molar-refractivity contribution in [2.75, 3.05) is 0 Å². The van der Waals surface area contributed by atoms with Crippen molar-refractivity contribution in [1.29, 1.82) is 0 Å². The van der Waals surface area contributed by atoms with Crippen LogP contribution in [0.5, 0.6) is 0 Å². The Morgan fingerprint density at radius 1 is 1.50 bits per heavy atom. The van der Waals surface area contributed by atoms with Crippen molar-refractivity contribution in [3.63, 3.8) is 0 Å². The van der Waals surface area contributed by atoms with Crippen molar-refractivity contribution in [2.24, 2.45) is 0 Å². The van der Waals surface area contributed by atoms with Crippen LogP contribution in [0.3, 0.4) is 0 Å². The zero-order chi connectivity index (χ0) is 15.7. The van der Waals surface area contributed by atoms with Gasteiger partial charge in [0.25, 0.3) is 0 Å². The third-order valence-electron chi connectivity index (χ3n) is 3.88. The van der Waals surface area contributed by atoms with Crippen LogP contribution >= 0.6 is 11.3 Å². The van der Waals surface area contributed by atoms with Crippen LogP contribution in [0.4, 0.5) is 0 Å². The van der Waals surface area contributed by atoms with Crippen molar-refractivity contribution >= 4 is 17.2 Å². The lowest BCUT2D eigenvalue weighted by atomic mass is 10.1. The second-order valence-corrected chi connectivity index (χ2v) is 7.15.